The summed E-state index contributed by atoms with van der Waals surface area (Å²) in [4.78, 5) is 27.4. The molecule has 3 amide bonds. The van der Waals surface area contributed by atoms with Gasteiger partial charge in [-0.25, -0.2) is 4.79 Å². The van der Waals surface area contributed by atoms with Crippen molar-refractivity contribution in [3.05, 3.63) is 30.5 Å². The number of ether oxygens (including phenoxy) is 1. The van der Waals surface area contributed by atoms with Crippen molar-refractivity contribution in [3.63, 3.8) is 0 Å². The van der Waals surface area contributed by atoms with Crippen LogP contribution in [0.25, 0.3) is 10.9 Å². The molecule has 26 heavy (non-hydrogen) atoms. The molecule has 2 aromatic rings. The minimum atomic E-state index is -0.398. The number of nitrogens with zero attached hydrogens (tertiary/aromatic N) is 1. The van der Waals surface area contributed by atoms with Crippen LogP contribution in [0.2, 0.25) is 0 Å². The minimum absolute atomic E-state index is 0.119. The third kappa shape index (κ3) is 3.16. The molecule has 1 saturated heterocycles. The molecular formula is C19H22N4O3. The summed E-state index contributed by atoms with van der Waals surface area (Å²) < 4.78 is 5.73. The van der Waals surface area contributed by atoms with Crippen LogP contribution in [0.1, 0.15) is 26.7 Å². The van der Waals surface area contributed by atoms with Crippen LogP contribution >= 0.6 is 0 Å². The Labute approximate surface area is 151 Å². The Bertz CT molecular complexity index is 861. The van der Waals surface area contributed by atoms with Gasteiger partial charge in [0.25, 0.3) is 5.91 Å². The fourth-order valence-corrected chi connectivity index (χ4v) is 3.64. The first-order chi connectivity index (χ1) is 12.5. The Morgan fingerprint density at radius 1 is 1.23 bits per heavy atom. The summed E-state index contributed by atoms with van der Waals surface area (Å²) in [6, 6.07) is 7.37. The predicted molar refractivity (Wildman–Crippen MR) is 98.1 cm³/mol. The number of anilines is 1. The second-order valence-corrected chi connectivity index (χ2v) is 7.22. The lowest BCUT2D eigenvalue weighted by atomic mass is 9.75. The Hall–Kier alpha value is -2.83. The maximum absolute atomic E-state index is 11.7. The van der Waals surface area contributed by atoms with Crippen LogP contribution in [0.5, 0.6) is 5.75 Å². The molecule has 7 nitrogen and oxygen atoms in total. The number of benzene rings is 1. The van der Waals surface area contributed by atoms with Crippen LogP contribution in [0, 0.1) is 5.92 Å². The van der Waals surface area contributed by atoms with Crippen LogP contribution in [0.3, 0.4) is 0 Å². The first-order valence-corrected chi connectivity index (χ1v) is 8.93. The number of amides is 3. The molecule has 4 rings (SSSR count). The van der Waals surface area contributed by atoms with Gasteiger partial charge < -0.3 is 15.4 Å². The van der Waals surface area contributed by atoms with Gasteiger partial charge >= 0.3 is 6.03 Å². The SMILES string of the molecule is CC(C)Oc1ccc2c(NC3CC(C4NC(=O)NC4=O)C3)ccnc2c1. The van der Waals surface area contributed by atoms with Crippen molar-refractivity contribution in [1.29, 1.82) is 0 Å². The van der Waals surface area contributed by atoms with Crippen molar-refractivity contribution in [2.75, 3.05) is 5.32 Å². The van der Waals surface area contributed by atoms with Gasteiger partial charge in [0.2, 0.25) is 0 Å². The fraction of sp³-hybridized carbons (Fsp3) is 0.421. The first kappa shape index (κ1) is 16.6. The van der Waals surface area contributed by atoms with Gasteiger partial charge in [-0.05, 0) is 50.8 Å². The Morgan fingerprint density at radius 2 is 2.04 bits per heavy atom. The molecule has 2 fully saturated rings. The topological polar surface area (TPSA) is 92.4 Å². The van der Waals surface area contributed by atoms with E-state index in [4.69, 9.17) is 4.74 Å². The lowest BCUT2D eigenvalue weighted by Crippen LogP contribution is -2.48. The largest absolute Gasteiger partial charge is 0.491 e. The van der Waals surface area contributed by atoms with Crippen molar-refractivity contribution >= 4 is 28.5 Å². The van der Waals surface area contributed by atoms with E-state index in [2.05, 4.69) is 20.9 Å². The van der Waals surface area contributed by atoms with E-state index in [-0.39, 0.29) is 24.0 Å². The molecule has 0 bridgehead atoms. The first-order valence-electron chi connectivity index (χ1n) is 8.93. The number of rotatable bonds is 5. The summed E-state index contributed by atoms with van der Waals surface area (Å²) in [6.07, 6.45) is 3.59. The van der Waals surface area contributed by atoms with Gasteiger partial charge in [-0.1, -0.05) is 0 Å². The molecule has 0 radical (unpaired) electrons. The molecule has 136 valence electrons. The lowest BCUT2D eigenvalue weighted by Gasteiger charge is -2.38. The molecule has 0 spiro atoms. The number of hydrogen-bond donors (Lipinski definition) is 3. The van der Waals surface area contributed by atoms with Crippen LogP contribution in [0.15, 0.2) is 30.5 Å². The molecule has 3 N–H and O–H groups in total. The number of nitrogens with one attached hydrogen (secondary N) is 3. The van der Waals surface area contributed by atoms with Crippen LogP contribution in [-0.4, -0.2) is 35.1 Å². The maximum atomic E-state index is 11.7. The van der Waals surface area contributed by atoms with Crippen LogP contribution < -0.4 is 20.7 Å². The summed E-state index contributed by atoms with van der Waals surface area (Å²) in [6.45, 7) is 3.99. The summed E-state index contributed by atoms with van der Waals surface area (Å²) in [7, 11) is 0. The minimum Gasteiger partial charge on any atom is -0.491 e. The highest BCUT2D eigenvalue weighted by atomic mass is 16.5. The Kier molecular flexibility index (Phi) is 4.14. The highest BCUT2D eigenvalue weighted by molar-refractivity contribution is 6.04. The molecule has 1 saturated carbocycles. The van der Waals surface area contributed by atoms with Crippen LogP contribution in [-0.2, 0) is 4.79 Å². The van der Waals surface area contributed by atoms with E-state index >= 15 is 0 Å². The van der Waals surface area contributed by atoms with Gasteiger partial charge in [-0.15, -0.1) is 0 Å². The van der Waals surface area contributed by atoms with E-state index in [0.29, 0.717) is 0 Å². The average Bonchev–Trinajstić information content (AvgIpc) is 2.87. The van der Waals surface area contributed by atoms with Gasteiger partial charge in [-0.2, -0.15) is 0 Å². The zero-order chi connectivity index (χ0) is 18.3. The molecule has 1 unspecified atom stereocenters. The zero-order valence-corrected chi connectivity index (χ0v) is 14.8. The highest BCUT2D eigenvalue weighted by Crippen LogP contribution is 2.35. The zero-order valence-electron chi connectivity index (χ0n) is 14.8. The number of aromatic nitrogens is 1. The molecule has 1 aromatic carbocycles. The third-order valence-electron chi connectivity index (χ3n) is 4.90. The third-order valence-corrected chi connectivity index (χ3v) is 4.90. The molecule has 2 heterocycles. The molecule has 1 aliphatic heterocycles. The Morgan fingerprint density at radius 3 is 2.73 bits per heavy atom. The molecule has 1 atom stereocenters. The summed E-state index contributed by atoms with van der Waals surface area (Å²) in [5.41, 5.74) is 1.90. The quantitative estimate of drug-likeness (QED) is 0.717. The van der Waals surface area contributed by atoms with E-state index in [1.54, 1.807) is 6.20 Å². The van der Waals surface area contributed by atoms with E-state index in [9.17, 15) is 9.59 Å². The number of pyridine rings is 1. The number of imide groups is 1. The smallest absolute Gasteiger partial charge is 0.322 e. The lowest BCUT2D eigenvalue weighted by molar-refractivity contribution is -0.122. The highest BCUT2D eigenvalue weighted by Gasteiger charge is 2.43. The molecule has 7 heteroatoms. The second-order valence-electron chi connectivity index (χ2n) is 7.22. The number of urea groups is 1. The summed E-state index contributed by atoms with van der Waals surface area (Å²) in [5.74, 6) is 0.771. The summed E-state index contributed by atoms with van der Waals surface area (Å²) in [5, 5.41) is 9.56. The monoisotopic (exact) mass is 354 g/mol. The predicted octanol–water partition coefficient (Wildman–Crippen LogP) is 2.42. The van der Waals surface area contributed by atoms with Crippen molar-refractivity contribution < 1.29 is 14.3 Å². The number of carbonyl (C=O) groups excluding carboxylic acids is 2. The van der Waals surface area contributed by atoms with Crippen molar-refractivity contribution in [3.8, 4) is 5.75 Å². The van der Waals surface area contributed by atoms with Crippen molar-refractivity contribution in [2.24, 2.45) is 5.92 Å². The second kappa shape index (κ2) is 6.48. The molecule has 2 aliphatic rings. The average molecular weight is 354 g/mol. The molecule has 1 aromatic heterocycles. The number of carbonyl (C=O) groups is 2. The number of hydrogen-bond acceptors (Lipinski definition) is 5. The van der Waals surface area contributed by atoms with Gasteiger partial charge in [0.1, 0.15) is 11.8 Å². The number of fused-ring (bicyclic) bond motifs is 1. The standard InChI is InChI=1S/C19H22N4O3/c1-10(2)26-13-3-4-14-15(5-6-20-16(14)9-13)21-12-7-11(8-12)17-18(24)23-19(25)22-17/h3-6,9-12,17H,7-8H2,1-2H3,(H,20,21)(H2,22,23,24,25). The normalized spacial score (nSPS) is 25.0. The fourth-order valence-electron chi connectivity index (χ4n) is 3.64. The van der Waals surface area contributed by atoms with E-state index < -0.39 is 12.1 Å². The van der Waals surface area contributed by atoms with Crippen molar-refractivity contribution in [1.82, 2.24) is 15.6 Å². The van der Waals surface area contributed by atoms with E-state index in [0.717, 1.165) is 35.2 Å². The van der Waals surface area contributed by atoms with Gasteiger partial charge in [0.05, 0.1) is 11.6 Å². The van der Waals surface area contributed by atoms with Gasteiger partial charge in [0, 0.05) is 29.4 Å². The van der Waals surface area contributed by atoms with Gasteiger partial charge in [-0.3, -0.25) is 15.1 Å². The van der Waals surface area contributed by atoms with Crippen molar-refractivity contribution in [2.45, 2.75) is 44.9 Å². The van der Waals surface area contributed by atoms with E-state index in [1.165, 1.54) is 0 Å². The molecule has 1 aliphatic carbocycles. The molecular weight excluding hydrogens is 332 g/mol. The maximum Gasteiger partial charge on any atom is 0.322 e. The van der Waals surface area contributed by atoms with Gasteiger partial charge in [0.15, 0.2) is 0 Å². The van der Waals surface area contributed by atoms with E-state index in [1.807, 2.05) is 38.1 Å². The summed E-state index contributed by atoms with van der Waals surface area (Å²) >= 11 is 0. The Balaban J connectivity index is 1.43. The van der Waals surface area contributed by atoms with Crippen LogP contribution in [0.4, 0.5) is 10.5 Å².